The first-order chi connectivity index (χ1) is 9.99. The first-order valence-corrected chi connectivity index (χ1v) is 6.92. The van der Waals surface area contributed by atoms with Gasteiger partial charge in [0.15, 0.2) is 11.6 Å². The maximum Gasteiger partial charge on any atom is 0.213 e. The van der Waals surface area contributed by atoms with Crippen LogP contribution in [0.5, 0.6) is 5.75 Å². The highest BCUT2D eigenvalue weighted by Gasteiger charge is 2.11. The number of benzene rings is 1. The minimum absolute atomic E-state index is 0.116. The molecule has 1 heterocycles. The van der Waals surface area contributed by atoms with Crippen LogP contribution in [-0.4, -0.2) is 11.1 Å². The van der Waals surface area contributed by atoms with Gasteiger partial charge in [-0.3, -0.25) is 0 Å². The van der Waals surface area contributed by atoms with Gasteiger partial charge in [0.05, 0.1) is 30.2 Å². The van der Waals surface area contributed by atoms with E-state index in [2.05, 4.69) is 10.3 Å². The van der Waals surface area contributed by atoms with E-state index in [0.29, 0.717) is 23.8 Å². The number of nitrogens with one attached hydrogen (secondary N) is 1. The Morgan fingerprint density at radius 3 is 2.81 bits per heavy atom. The molecular weight excluding hydrogens is 273 g/mol. The highest BCUT2D eigenvalue weighted by molar-refractivity contribution is 5.68. The Morgan fingerprint density at radius 2 is 2.19 bits per heavy atom. The van der Waals surface area contributed by atoms with Crippen LogP contribution in [0.2, 0.25) is 0 Å². The molecule has 0 amide bonds. The number of nitrogens with two attached hydrogens (primary N) is 1. The largest absolute Gasteiger partial charge is 0.488 e. The summed E-state index contributed by atoms with van der Waals surface area (Å²) in [5.74, 6) is 1.07. The Kier molecular flexibility index (Phi) is 4.67. The lowest BCUT2D eigenvalue weighted by Crippen LogP contribution is -2.09. The lowest BCUT2D eigenvalue weighted by molar-refractivity contribution is 0.231. The van der Waals surface area contributed by atoms with Crippen LogP contribution in [0.25, 0.3) is 0 Å². The van der Waals surface area contributed by atoms with Gasteiger partial charge in [0.25, 0.3) is 0 Å². The van der Waals surface area contributed by atoms with E-state index in [1.54, 1.807) is 12.3 Å². The zero-order valence-corrected chi connectivity index (χ0v) is 12.4. The summed E-state index contributed by atoms with van der Waals surface area (Å²) >= 11 is 0. The van der Waals surface area contributed by atoms with Gasteiger partial charge >= 0.3 is 0 Å². The van der Waals surface area contributed by atoms with E-state index in [1.807, 2.05) is 20.8 Å². The van der Waals surface area contributed by atoms with Crippen molar-refractivity contribution < 1.29 is 13.5 Å². The molecule has 1 aromatic heterocycles. The minimum Gasteiger partial charge on any atom is -0.488 e. The highest BCUT2D eigenvalue weighted by Crippen LogP contribution is 2.29. The van der Waals surface area contributed by atoms with Crippen LogP contribution in [0.4, 0.5) is 15.8 Å². The average Bonchev–Trinajstić information content (AvgIpc) is 2.88. The fourth-order valence-electron chi connectivity index (χ4n) is 1.83. The standard InChI is InChI=1S/C15H20FN3O2/c1-4-10-7-19-15(21-10)8-18-13-6-14(20-9(2)3)11(16)5-12(13)17/h5-7,9,18H,4,8,17H2,1-3H3. The van der Waals surface area contributed by atoms with E-state index in [-0.39, 0.29) is 11.9 Å². The van der Waals surface area contributed by atoms with E-state index in [0.717, 1.165) is 12.2 Å². The third kappa shape index (κ3) is 3.87. The van der Waals surface area contributed by atoms with Crippen molar-refractivity contribution in [2.45, 2.75) is 39.8 Å². The topological polar surface area (TPSA) is 73.3 Å². The molecule has 3 N–H and O–H groups in total. The molecule has 2 rings (SSSR count). The van der Waals surface area contributed by atoms with Crippen LogP contribution in [0.15, 0.2) is 22.7 Å². The van der Waals surface area contributed by atoms with Gasteiger partial charge in [-0.05, 0) is 13.8 Å². The summed E-state index contributed by atoms with van der Waals surface area (Å²) in [5, 5.41) is 3.08. The summed E-state index contributed by atoms with van der Waals surface area (Å²) in [7, 11) is 0. The number of hydrogen-bond donors (Lipinski definition) is 2. The van der Waals surface area contributed by atoms with Crippen molar-refractivity contribution in [2.24, 2.45) is 0 Å². The van der Waals surface area contributed by atoms with Gasteiger partial charge in [-0.15, -0.1) is 0 Å². The van der Waals surface area contributed by atoms with Crippen molar-refractivity contribution in [3.63, 3.8) is 0 Å². The van der Waals surface area contributed by atoms with Gasteiger partial charge in [-0.25, -0.2) is 9.37 Å². The lowest BCUT2D eigenvalue weighted by Gasteiger charge is -2.14. The van der Waals surface area contributed by atoms with Gasteiger partial charge in [0.1, 0.15) is 5.76 Å². The number of hydrogen-bond acceptors (Lipinski definition) is 5. The third-order valence-electron chi connectivity index (χ3n) is 2.85. The molecule has 0 radical (unpaired) electrons. The fourth-order valence-corrected chi connectivity index (χ4v) is 1.83. The Hall–Kier alpha value is -2.24. The van der Waals surface area contributed by atoms with Crippen molar-refractivity contribution in [3.05, 3.63) is 35.8 Å². The Balaban J connectivity index is 2.11. The number of aromatic nitrogens is 1. The third-order valence-corrected chi connectivity index (χ3v) is 2.85. The minimum atomic E-state index is -0.476. The highest BCUT2D eigenvalue weighted by atomic mass is 19.1. The number of oxazole rings is 1. The van der Waals surface area contributed by atoms with Gasteiger partial charge in [0, 0.05) is 18.6 Å². The summed E-state index contributed by atoms with van der Waals surface area (Å²) in [4.78, 5) is 4.14. The summed E-state index contributed by atoms with van der Waals surface area (Å²) < 4.78 is 24.6. The summed E-state index contributed by atoms with van der Waals surface area (Å²) in [5.41, 5.74) is 6.70. The Labute approximate surface area is 123 Å². The van der Waals surface area contributed by atoms with Crippen molar-refractivity contribution in [1.82, 2.24) is 4.98 Å². The van der Waals surface area contributed by atoms with Crippen LogP contribution in [0.3, 0.4) is 0 Å². The molecule has 114 valence electrons. The van der Waals surface area contributed by atoms with Crippen molar-refractivity contribution >= 4 is 11.4 Å². The molecule has 0 atom stereocenters. The molecule has 0 aliphatic carbocycles. The molecule has 0 unspecified atom stereocenters. The van der Waals surface area contributed by atoms with Crippen molar-refractivity contribution in [2.75, 3.05) is 11.1 Å². The van der Waals surface area contributed by atoms with Gasteiger partial charge in [-0.2, -0.15) is 0 Å². The molecule has 2 aromatic rings. The molecule has 1 aromatic carbocycles. The zero-order valence-electron chi connectivity index (χ0n) is 12.4. The Morgan fingerprint density at radius 1 is 1.43 bits per heavy atom. The summed E-state index contributed by atoms with van der Waals surface area (Å²) in [6.07, 6.45) is 2.37. The second-order valence-electron chi connectivity index (χ2n) is 4.96. The molecule has 0 aliphatic heterocycles. The summed E-state index contributed by atoms with van der Waals surface area (Å²) in [6.45, 7) is 6.03. The molecule has 0 spiro atoms. The molecule has 6 heteroatoms. The lowest BCUT2D eigenvalue weighted by atomic mass is 10.2. The number of rotatable bonds is 6. The van der Waals surface area contributed by atoms with Gasteiger partial charge in [0.2, 0.25) is 5.89 Å². The zero-order chi connectivity index (χ0) is 15.4. The number of nitrogen functional groups attached to an aromatic ring is 1. The van der Waals surface area contributed by atoms with Crippen molar-refractivity contribution in [1.29, 1.82) is 0 Å². The molecule has 0 fully saturated rings. The predicted octanol–water partition coefficient (Wildman–Crippen LogP) is 3.36. The molecular formula is C15H20FN3O2. The first kappa shape index (κ1) is 15.2. The molecule has 0 saturated heterocycles. The fraction of sp³-hybridized carbons (Fsp3) is 0.400. The van der Waals surface area contributed by atoms with E-state index in [9.17, 15) is 4.39 Å². The van der Waals surface area contributed by atoms with Crippen LogP contribution in [0.1, 0.15) is 32.4 Å². The molecule has 21 heavy (non-hydrogen) atoms. The van der Waals surface area contributed by atoms with E-state index in [1.165, 1.54) is 6.07 Å². The van der Waals surface area contributed by atoms with Crippen LogP contribution in [0, 0.1) is 5.82 Å². The maximum atomic E-state index is 13.7. The van der Waals surface area contributed by atoms with Gasteiger partial charge in [-0.1, -0.05) is 6.92 Å². The average molecular weight is 293 g/mol. The summed E-state index contributed by atoms with van der Waals surface area (Å²) in [6, 6.07) is 2.79. The molecule has 0 bridgehead atoms. The van der Waals surface area contributed by atoms with Crippen LogP contribution >= 0.6 is 0 Å². The normalized spacial score (nSPS) is 10.9. The van der Waals surface area contributed by atoms with E-state index in [4.69, 9.17) is 14.9 Å². The number of aryl methyl sites for hydroxylation is 1. The second kappa shape index (κ2) is 6.47. The number of ether oxygens (including phenoxy) is 1. The molecule has 5 nitrogen and oxygen atoms in total. The number of anilines is 2. The monoisotopic (exact) mass is 293 g/mol. The number of halogens is 1. The second-order valence-corrected chi connectivity index (χ2v) is 4.96. The van der Waals surface area contributed by atoms with Crippen molar-refractivity contribution in [3.8, 4) is 5.75 Å². The maximum absolute atomic E-state index is 13.7. The first-order valence-electron chi connectivity index (χ1n) is 6.92. The number of nitrogens with zero attached hydrogens (tertiary/aromatic N) is 1. The quantitative estimate of drug-likeness (QED) is 0.799. The SMILES string of the molecule is CCc1cnc(CNc2cc(OC(C)C)c(F)cc2N)o1. The van der Waals surface area contributed by atoms with E-state index < -0.39 is 5.82 Å². The van der Waals surface area contributed by atoms with Gasteiger partial charge < -0.3 is 20.2 Å². The Bertz CT molecular complexity index is 611. The molecule has 0 saturated carbocycles. The predicted molar refractivity (Wildman–Crippen MR) is 79.8 cm³/mol. The molecule has 0 aliphatic rings. The van der Waals surface area contributed by atoms with Crippen LogP contribution in [-0.2, 0) is 13.0 Å². The van der Waals surface area contributed by atoms with E-state index >= 15 is 0 Å². The smallest absolute Gasteiger partial charge is 0.213 e. The van der Waals surface area contributed by atoms with Crippen LogP contribution < -0.4 is 15.8 Å².